The van der Waals surface area contributed by atoms with Gasteiger partial charge in [-0.1, -0.05) is 18.2 Å². The van der Waals surface area contributed by atoms with E-state index in [1.54, 1.807) is 42.7 Å². The van der Waals surface area contributed by atoms with Crippen LogP contribution in [0.2, 0.25) is 0 Å². The summed E-state index contributed by atoms with van der Waals surface area (Å²) in [6, 6.07) is 10.4. The highest BCUT2D eigenvalue weighted by Gasteiger charge is 2.11. The monoisotopic (exact) mass is 296 g/mol. The van der Waals surface area contributed by atoms with Gasteiger partial charge in [0.25, 0.3) is 5.56 Å². The highest BCUT2D eigenvalue weighted by Crippen LogP contribution is 2.09. The average molecular weight is 296 g/mol. The van der Waals surface area contributed by atoms with Crippen molar-refractivity contribution in [2.24, 2.45) is 0 Å². The molecule has 0 spiro atoms. The van der Waals surface area contributed by atoms with E-state index in [9.17, 15) is 9.59 Å². The van der Waals surface area contributed by atoms with Crippen LogP contribution in [0.4, 0.5) is 0 Å². The summed E-state index contributed by atoms with van der Waals surface area (Å²) in [5.74, 6) is 0.200. The van der Waals surface area contributed by atoms with E-state index >= 15 is 0 Å². The van der Waals surface area contributed by atoms with Gasteiger partial charge < -0.3 is 4.74 Å². The van der Waals surface area contributed by atoms with Crippen molar-refractivity contribution >= 4 is 5.97 Å². The Kier molecular flexibility index (Phi) is 3.78. The zero-order chi connectivity index (χ0) is 15.4. The molecule has 0 unspecified atom stereocenters. The molecule has 0 amide bonds. The largest absolute Gasteiger partial charge is 0.426 e. The molecule has 3 rings (SSSR count). The van der Waals surface area contributed by atoms with Gasteiger partial charge in [0.05, 0.1) is 6.42 Å². The van der Waals surface area contributed by atoms with Gasteiger partial charge in [0.2, 0.25) is 5.95 Å². The Morgan fingerprint density at radius 3 is 2.73 bits per heavy atom. The summed E-state index contributed by atoms with van der Waals surface area (Å²) in [6.45, 7) is 0. The van der Waals surface area contributed by atoms with Crippen LogP contribution in [0.3, 0.4) is 0 Å². The normalized spacial score (nSPS) is 10.4. The molecule has 0 aliphatic carbocycles. The Labute approximate surface area is 125 Å². The molecule has 0 bridgehead atoms. The molecule has 0 saturated heterocycles. The van der Waals surface area contributed by atoms with Crippen molar-refractivity contribution in [2.45, 2.75) is 6.42 Å². The number of aromatic amines is 1. The maximum Gasteiger partial charge on any atom is 0.315 e. The molecule has 2 aromatic heterocycles. The molecule has 0 saturated carbocycles. The Morgan fingerprint density at radius 1 is 1.23 bits per heavy atom. The number of para-hydroxylation sites is 1. The number of benzene rings is 1. The van der Waals surface area contributed by atoms with E-state index < -0.39 is 11.5 Å². The van der Waals surface area contributed by atoms with E-state index in [0.717, 1.165) is 0 Å². The summed E-state index contributed by atoms with van der Waals surface area (Å²) in [5.41, 5.74) is -0.164. The zero-order valence-corrected chi connectivity index (χ0v) is 11.5. The number of hydrogen-bond donors (Lipinski definition) is 1. The molecule has 22 heavy (non-hydrogen) atoms. The summed E-state index contributed by atoms with van der Waals surface area (Å²) >= 11 is 0. The van der Waals surface area contributed by atoms with Gasteiger partial charge in [-0.05, 0) is 18.2 Å². The first-order valence-corrected chi connectivity index (χ1v) is 6.56. The van der Waals surface area contributed by atoms with Crippen LogP contribution >= 0.6 is 0 Å². The first kappa shape index (κ1) is 13.7. The molecule has 3 aromatic rings. The lowest BCUT2D eigenvalue weighted by molar-refractivity contribution is -0.133. The van der Waals surface area contributed by atoms with Gasteiger partial charge in [0.1, 0.15) is 5.75 Å². The lowest BCUT2D eigenvalue weighted by Gasteiger charge is -2.04. The molecule has 0 aliphatic heterocycles. The standard InChI is InChI=1S/C15H12N4O3/c20-13(22-12-5-2-1-3-6-12)9-11-10-16-15(18-14(11)21)19-8-4-7-17-19/h1-8,10H,9H2,(H,16,18,21). The lowest BCUT2D eigenvalue weighted by Crippen LogP contribution is -2.22. The second-order valence-electron chi connectivity index (χ2n) is 4.48. The fourth-order valence-corrected chi connectivity index (χ4v) is 1.86. The Morgan fingerprint density at radius 2 is 2.05 bits per heavy atom. The van der Waals surface area contributed by atoms with Gasteiger partial charge in [-0.3, -0.25) is 14.6 Å². The van der Waals surface area contributed by atoms with E-state index in [2.05, 4.69) is 15.1 Å². The van der Waals surface area contributed by atoms with E-state index in [1.807, 2.05) is 6.07 Å². The van der Waals surface area contributed by atoms with Crippen LogP contribution in [0.1, 0.15) is 5.56 Å². The molecule has 0 fully saturated rings. The van der Waals surface area contributed by atoms with Crippen molar-refractivity contribution in [3.8, 4) is 11.7 Å². The van der Waals surface area contributed by atoms with Gasteiger partial charge in [0.15, 0.2) is 0 Å². The van der Waals surface area contributed by atoms with Crippen LogP contribution in [0.15, 0.2) is 59.8 Å². The third-order valence-corrected chi connectivity index (χ3v) is 2.89. The Balaban J connectivity index is 1.73. The number of aromatic nitrogens is 4. The third kappa shape index (κ3) is 3.09. The highest BCUT2D eigenvalue weighted by atomic mass is 16.5. The molecule has 2 heterocycles. The van der Waals surface area contributed by atoms with Gasteiger partial charge in [-0.15, -0.1) is 0 Å². The number of carbonyl (C=O) groups excluding carboxylic acids is 1. The van der Waals surface area contributed by atoms with Gasteiger partial charge in [-0.25, -0.2) is 9.67 Å². The summed E-state index contributed by atoms with van der Waals surface area (Å²) in [6.07, 6.45) is 4.42. The van der Waals surface area contributed by atoms with Crippen LogP contribution in [0, 0.1) is 0 Å². The molecule has 1 aromatic carbocycles. The minimum Gasteiger partial charge on any atom is -0.426 e. The Hall–Kier alpha value is -3.22. The van der Waals surface area contributed by atoms with Crippen LogP contribution in [0.25, 0.3) is 5.95 Å². The van der Waals surface area contributed by atoms with Gasteiger partial charge in [-0.2, -0.15) is 5.10 Å². The molecule has 1 N–H and O–H groups in total. The van der Waals surface area contributed by atoms with E-state index in [-0.39, 0.29) is 17.9 Å². The minimum atomic E-state index is -0.523. The number of hydrogen-bond acceptors (Lipinski definition) is 5. The van der Waals surface area contributed by atoms with E-state index in [4.69, 9.17) is 4.74 Å². The molecule has 7 nitrogen and oxygen atoms in total. The lowest BCUT2D eigenvalue weighted by atomic mass is 10.2. The molecule has 0 radical (unpaired) electrons. The number of ether oxygens (including phenoxy) is 1. The number of esters is 1. The summed E-state index contributed by atoms with van der Waals surface area (Å²) < 4.78 is 6.56. The van der Waals surface area contributed by atoms with E-state index in [1.165, 1.54) is 10.9 Å². The van der Waals surface area contributed by atoms with Crippen LogP contribution < -0.4 is 10.3 Å². The minimum absolute atomic E-state index is 0.156. The molecular weight excluding hydrogens is 284 g/mol. The van der Waals surface area contributed by atoms with Crippen molar-refractivity contribution in [1.82, 2.24) is 19.7 Å². The molecule has 0 aliphatic rings. The second-order valence-corrected chi connectivity index (χ2v) is 4.48. The van der Waals surface area contributed by atoms with Crippen LogP contribution in [-0.2, 0) is 11.2 Å². The maximum absolute atomic E-state index is 12.0. The molecular formula is C15H12N4O3. The number of rotatable bonds is 4. The van der Waals surface area contributed by atoms with E-state index in [0.29, 0.717) is 5.75 Å². The highest BCUT2D eigenvalue weighted by molar-refractivity contribution is 5.74. The first-order valence-electron chi connectivity index (χ1n) is 6.56. The first-order chi connectivity index (χ1) is 10.7. The number of nitrogens with zero attached hydrogens (tertiary/aromatic N) is 3. The van der Waals surface area contributed by atoms with Crippen molar-refractivity contribution in [2.75, 3.05) is 0 Å². The Bertz CT molecular complexity index is 826. The van der Waals surface area contributed by atoms with Crippen molar-refractivity contribution < 1.29 is 9.53 Å². The topological polar surface area (TPSA) is 89.9 Å². The summed E-state index contributed by atoms with van der Waals surface area (Å²) in [7, 11) is 0. The SMILES string of the molecule is O=C(Cc1cnc(-n2cccn2)[nH]c1=O)Oc1ccccc1. The van der Waals surface area contributed by atoms with Crippen molar-refractivity contribution in [3.05, 3.63) is 70.9 Å². The fourth-order valence-electron chi connectivity index (χ4n) is 1.86. The number of H-pyrrole nitrogens is 1. The average Bonchev–Trinajstić information content (AvgIpc) is 3.04. The zero-order valence-electron chi connectivity index (χ0n) is 11.5. The molecule has 0 atom stereocenters. The predicted molar refractivity (Wildman–Crippen MR) is 77.8 cm³/mol. The quantitative estimate of drug-likeness (QED) is 0.575. The van der Waals surface area contributed by atoms with Crippen LogP contribution in [-0.4, -0.2) is 25.7 Å². The third-order valence-electron chi connectivity index (χ3n) is 2.89. The van der Waals surface area contributed by atoms with Crippen LogP contribution in [0.5, 0.6) is 5.75 Å². The molecule has 7 heteroatoms. The fraction of sp³-hybridized carbons (Fsp3) is 0.0667. The van der Waals surface area contributed by atoms with Crippen molar-refractivity contribution in [3.63, 3.8) is 0 Å². The number of carbonyl (C=O) groups is 1. The summed E-state index contributed by atoms with van der Waals surface area (Å²) in [5, 5.41) is 3.97. The van der Waals surface area contributed by atoms with Crippen molar-refractivity contribution in [1.29, 1.82) is 0 Å². The van der Waals surface area contributed by atoms with Gasteiger partial charge >= 0.3 is 5.97 Å². The maximum atomic E-state index is 12.0. The second kappa shape index (κ2) is 6.04. The predicted octanol–water partition coefficient (Wildman–Crippen LogP) is 1.10. The number of nitrogens with one attached hydrogen (secondary N) is 1. The molecule has 110 valence electrons. The smallest absolute Gasteiger partial charge is 0.315 e. The van der Waals surface area contributed by atoms with Gasteiger partial charge in [0, 0.05) is 24.2 Å². The summed E-state index contributed by atoms with van der Waals surface area (Å²) in [4.78, 5) is 30.5.